The summed E-state index contributed by atoms with van der Waals surface area (Å²) < 4.78 is 13.7. The lowest BCUT2D eigenvalue weighted by Crippen LogP contribution is -2.41. The van der Waals surface area contributed by atoms with Gasteiger partial charge in [0.1, 0.15) is 11.9 Å². The molecule has 3 rings (SSSR count). The highest BCUT2D eigenvalue weighted by Crippen LogP contribution is 2.23. The Balaban J connectivity index is 1.78. The number of carbonyl (C=O) groups excluding carboxylic acids is 1. The number of fused-ring (bicyclic) bond motifs is 1. The fraction of sp³-hybridized carbons (Fsp3) is 0.235. The number of hydrogen-bond donors (Lipinski definition) is 1. The maximum absolute atomic E-state index is 13.7. The van der Waals surface area contributed by atoms with Gasteiger partial charge in [0.2, 0.25) is 5.91 Å². The van der Waals surface area contributed by atoms with E-state index in [-0.39, 0.29) is 11.7 Å². The van der Waals surface area contributed by atoms with E-state index in [0.717, 1.165) is 16.7 Å². The van der Waals surface area contributed by atoms with Crippen LogP contribution in [-0.2, 0) is 17.8 Å². The van der Waals surface area contributed by atoms with Gasteiger partial charge in [-0.25, -0.2) is 4.39 Å². The van der Waals surface area contributed by atoms with Crippen LogP contribution in [0.4, 0.5) is 4.39 Å². The molecule has 1 atom stereocenters. The summed E-state index contributed by atoms with van der Waals surface area (Å²) >= 11 is 0. The van der Waals surface area contributed by atoms with Crippen LogP contribution in [0.25, 0.3) is 0 Å². The molecule has 1 amide bonds. The van der Waals surface area contributed by atoms with Crippen molar-refractivity contribution < 1.29 is 9.18 Å². The number of carbonyl (C=O) groups is 1. The van der Waals surface area contributed by atoms with Crippen LogP contribution < -0.4 is 5.73 Å². The average Bonchev–Trinajstić information content (AvgIpc) is 2.54. The van der Waals surface area contributed by atoms with Crippen molar-refractivity contribution in [2.45, 2.75) is 19.0 Å². The van der Waals surface area contributed by atoms with Gasteiger partial charge < -0.3 is 10.6 Å². The second-order valence-electron chi connectivity index (χ2n) is 5.28. The number of nitrogens with two attached hydrogens (primary N) is 1. The molecule has 0 radical (unpaired) electrons. The molecule has 0 saturated carbocycles. The van der Waals surface area contributed by atoms with E-state index in [2.05, 4.69) is 0 Å². The van der Waals surface area contributed by atoms with Crippen LogP contribution >= 0.6 is 0 Å². The van der Waals surface area contributed by atoms with Crippen molar-refractivity contribution >= 4 is 5.91 Å². The minimum Gasteiger partial charge on any atom is -0.336 e. The van der Waals surface area contributed by atoms with Crippen LogP contribution in [0.1, 0.15) is 22.7 Å². The Bertz CT molecular complexity index is 657. The average molecular weight is 284 g/mol. The molecule has 0 saturated heterocycles. The summed E-state index contributed by atoms with van der Waals surface area (Å²) in [4.78, 5) is 14.2. The first-order valence-corrected chi connectivity index (χ1v) is 7.02. The molecule has 0 aliphatic carbocycles. The fourth-order valence-electron chi connectivity index (χ4n) is 2.75. The molecule has 2 aromatic carbocycles. The van der Waals surface area contributed by atoms with Crippen LogP contribution in [0.3, 0.4) is 0 Å². The Morgan fingerprint density at radius 1 is 1.14 bits per heavy atom. The van der Waals surface area contributed by atoms with Crippen molar-refractivity contribution in [2.24, 2.45) is 5.73 Å². The van der Waals surface area contributed by atoms with Crippen molar-refractivity contribution in [3.63, 3.8) is 0 Å². The third-order valence-corrected chi connectivity index (χ3v) is 3.95. The number of halogens is 1. The zero-order chi connectivity index (χ0) is 14.8. The zero-order valence-electron chi connectivity index (χ0n) is 11.6. The van der Waals surface area contributed by atoms with Gasteiger partial charge in [-0.2, -0.15) is 0 Å². The molecule has 108 valence electrons. The van der Waals surface area contributed by atoms with E-state index in [9.17, 15) is 9.18 Å². The van der Waals surface area contributed by atoms with Gasteiger partial charge in [0.05, 0.1) is 0 Å². The lowest BCUT2D eigenvalue weighted by Gasteiger charge is -2.31. The molecule has 4 heteroatoms. The van der Waals surface area contributed by atoms with Gasteiger partial charge in [-0.15, -0.1) is 0 Å². The number of hydrogen-bond acceptors (Lipinski definition) is 2. The normalized spacial score (nSPS) is 15.4. The lowest BCUT2D eigenvalue weighted by molar-refractivity contribution is -0.133. The highest BCUT2D eigenvalue weighted by atomic mass is 19.1. The van der Waals surface area contributed by atoms with E-state index in [1.54, 1.807) is 11.0 Å². The Morgan fingerprint density at radius 3 is 2.67 bits per heavy atom. The minimum absolute atomic E-state index is 0.115. The zero-order valence-corrected chi connectivity index (χ0v) is 11.6. The third-order valence-electron chi connectivity index (χ3n) is 3.95. The standard InChI is InChI=1S/C17H17FN2O/c18-15-8-4-7-13-11-20(10-9-14(13)15)17(21)16(19)12-5-2-1-3-6-12/h1-8,16H,9-11,19H2/t16-/m1/s1. The van der Waals surface area contributed by atoms with Crippen LogP contribution in [0, 0.1) is 5.82 Å². The predicted octanol–water partition coefficient (Wildman–Crippen LogP) is 2.41. The molecular formula is C17H17FN2O. The minimum atomic E-state index is -0.665. The summed E-state index contributed by atoms with van der Waals surface area (Å²) in [6.45, 7) is 0.930. The van der Waals surface area contributed by atoms with E-state index >= 15 is 0 Å². The summed E-state index contributed by atoms with van der Waals surface area (Å²) in [6.07, 6.45) is 0.537. The van der Waals surface area contributed by atoms with Crippen LogP contribution in [0.5, 0.6) is 0 Å². The summed E-state index contributed by atoms with van der Waals surface area (Å²) in [5.74, 6) is -0.303. The lowest BCUT2D eigenvalue weighted by atomic mass is 9.98. The van der Waals surface area contributed by atoms with Gasteiger partial charge >= 0.3 is 0 Å². The second kappa shape index (κ2) is 5.66. The van der Waals surface area contributed by atoms with E-state index < -0.39 is 6.04 Å². The summed E-state index contributed by atoms with van der Waals surface area (Å²) in [7, 11) is 0. The van der Waals surface area contributed by atoms with Gasteiger partial charge in [-0.05, 0) is 29.2 Å². The Kier molecular flexibility index (Phi) is 3.71. The van der Waals surface area contributed by atoms with Gasteiger partial charge in [0, 0.05) is 13.1 Å². The second-order valence-corrected chi connectivity index (χ2v) is 5.28. The first-order valence-electron chi connectivity index (χ1n) is 7.02. The fourth-order valence-corrected chi connectivity index (χ4v) is 2.75. The molecule has 1 aliphatic heterocycles. The monoisotopic (exact) mass is 284 g/mol. The predicted molar refractivity (Wildman–Crippen MR) is 78.9 cm³/mol. The molecule has 0 fully saturated rings. The molecule has 0 spiro atoms. The summed E-state index contributed by atoms with van der Waals surface area (Å²) in [5, 5.41) is 0. The smallest absolute Gasteiger partial charge is 0.244 e. The number of nitrogens with zero attached hydrogens (tertiary/aromatic N) is 1. The third kappa shape index (κ3) is 2.67. The van der Waals surface area contributed by atoms with E-state index in [4.69, 9.17) is 5.73 Å². The number of amides is 1. The number of rotatable bonds is 2. The van der Waals surface area contributed by atoms with Gasteiger partial charge in [0.15, 0.2) is 0 Å². The molecule has 1 heterocycles. The van der Waals surface area contributed by atoms with E-state index in [1.807, 2.05) is 36.4 Å². The van der Waals surface area contributed by atoms with Crippen LogP contribution in [-0.4, -0.2) is 17.4 Å². The Labute approximate surface area is 123 Å². The molecule has 21 heavy (non-hydrogen) atoms. The van der Waals surface area contributed by atoms with Crippen molar-refractivity contribution in [3.05, 3.63) is 71.0 Å². The first-order chi connectivity index (χ1) is 10.2. The van der Waals surface area contributed by atoms with E-state index in [0.29, 0.717) is 19.5 Å². The Hall–Kier alpha value is -2.20. The summed E-state index contributed by atoms with van der Waals surface area (Å²) in [6, 6.07) is 13.7. The summed E-state index contributed by atoms with van der Waals surface area (Å²) in [5.41, 5.74) is 8.44. The molecule has 2 aromatic rings. The number of benzene rings is 2. The van der Waals surface area contributed by atoms with Crippen molar-refractivity contribution in [1.29, 1.82) is 0 Å². The van der Waals surface area contributed by atoms with Crippen molar-refractivity contribution in [1.82, 2.24) is 4.90 Å². The first kappa shape index (κ1) is 13.8. The largest absolute Gasteiger partial charge is 0.336 e. The van der Waals surface area contributed by atoms with Gasteiger partial charge in [-0.1, -0.05) is 42.5 Å². The van der Waals surface area contributed by atoms with Crippen molar-refractivity contribution in [3.8, 4) is 0 Å². The molecular weight excluding hydrogens is 267 g/mol. The van der Waals surface area contributed by atoms with Crippen LogP contribution in [0.2, 0.25) is 0 Å². The molecule has 0 unspecified atom stereocenters. The SMILES string of the molecule is N[C@@H](C(=O)N1CCc2c(F)cccc2C1)c1ccccc1. The highest BCUT2D eigenvalue weighted by molar-refractivity contribution is 5.83. The van der Waals surface area contributed by atoms with Crippen molar-refractivity contribution in [2.75, 3.05) is 6.54 Å². The van der Waals surface area contributed by atoms with Gasteiger partial charge in [0.25, 0.3) is 0 Å². The molecule has 0 aromatic heterocycles. The van der Waals surface area contributed by atoms with E-state index in [1.165, 1.54) is 6.07 Å². The topological polar surface area (TPSA) is 46.3 Å². The van der Waals surface area contributed by atoms with Gasteiger partial charge in [-0.3, -0.25) is 4.79 Å². The molecule has 1 aliphatic rings. The maximum Gasteiger partial charge on any atom is 0.244 e. The quantitative estimate of drug-likeness (QED) is 0.920. The highest BCUT2D eigenvalue weighted by Gasteiger charge is 2.26. The Morgan fingerprint density at radius 2 is 1.90 bits per heavy atom. The van der Waals surface area contributed by atoms with Crippen LogP contribution in [0.15, 0.2) is 48.5 Å². The molecule has 3 nitrogen and oxygen atoms in total. The molecule has 2 N–H and O–H groups in total. The molecule has 0 bridgehead atoms. The maximum atomic E-state index is 13.7.